The van der Waals surface area contributed by atoms with E-state index in [0.29, 0.717) is 6.04 Å². The molecule has 3 nitrogen and oxygen atoms in total. The number of ether oxygens (including phenoxy) is 1. The van der Waals surface area contributed by atoms with Gasteiger partial charge in [-0.3, -0.25) is 0 Å². The molecule has 0 amide bonds. The second-order valence-corrected chi connectivity index (χ2v) is 5.48. The van der Waals surface area contributed by atoms with E-state index in [1.54, 1.807) is 7.11 Å². The Labute approximate surface area is 116 Å². The highest BCUT2D eigenvalue weighted by molar-refractivity contribution is 5.55. The highest BCUT2D eigenvalue weighted by Gasteiger charge is 2.21. The molecular weight excluding hydrogens is 236 g/mol. The van der Waals surface area contributed by atoms with E-state index >= 15 is 0 Å². The van der Waals surface area contributed by atoms with Gasteiger partial charge < -0.3 is 15.0 Å². The standard InChI is InChI=1S/C16H26N2O/c1-13-11-15(12-17-8-10-19-3)6-7-16(13)18-9-4-5-14(18)2/h6-7,11,14,17H,4-5,8-10,12H2,1-3H3. The summed E-state index contributed by atoms with van der Waals surface area (Å²) >= 11 is 0. The van der Waals surface area contributed by atoms with Crippen molar-refractivity contribution in [2.24, 2.45) is 0 Å². The van der Waals surface area contributed by atoms with Gasteiger partial charge in [0.1, 0.15) is 0 Å². The van der Waals surface area contributed by atoms with Gasteiger partial charge in [-0.2, -0.15) is 0 Å². The Morgan fingerprint density at radius 3 is 2.89 bits per heavy atom. The molecule has 1 atom stereocenters. The van der Waals surface area contributed by atoms with E-state index in [0.717, 1.165) is 19.7 Å². The van der Waals surface area contributed by atoms with Crippen LogP contribution in [0.1, 0.15) is 30.9 Å². The quantitative estimate of drug-likeness (QED) is 0.798. The maximum atomic E-state index is 5.03. The van der Waals surface area contributed by atoms with Crippen LogP contribution in [0.25, 0.3) is 0 Å². The zero-order chi connectivity index (χ0) is 13.7. The van der Waals surface area contributed by atoms with Gasteiger partial charge in [-0.25, -0.2) is 0 Å². The molecule has 0 radical (unpaired) electrons. The summed E-state index contributed by atoms with van der Waals surface area (Å²) in [6, 6.07) is 7.52. The number of benzene rings is 1. The number of aryl methyl sites for hydroxylation is 1. The normalized spacial score (nSPS) is 19.1. The first-order chi connectivity index (χ1) is 9.22. The number of rotatable bonds is 6. The lowest BCUT2D eigenvalue weighted by Gasteiger charge is -2.26. The van der Waals surface area contributed by atoms with E-state index in [-0.39, 0.29) is 0 Å². The highest BCUT2D eigenvalue weighted by Crippen LogP contribution is 2.28. The molecule has 0 aliphatic carbocycles. The monoisotopic (exact) mass is 262 g/mol. The largest absolute Gasteiger partial charge is 0.383 e. The Balaban J connectivity index is 1.96. The molecule has 0 aromatic heterocycles. The zero-order valence-corrected chi connectivity index (χ0v) is 12.4. The molecule has 1 saturated heterocycles. The van der Waals surface area contributed by atoms with Gasteiger partial charge >= 0.3 is 0 Å². The van der Waals surface area contributed by atoms with Crippen LogP contribution in [-0.4, -0.2) is 32.8 Å². The molecule has 19 heavy (non-hydrogen) atoms. The van der Waals surface area contributed by atoms with Crippen molar-refractivity contribution in [3.63, 3.8) is 0 Å². The average Bonchev–Trinajstić information content (AvgIpc) is 2.81. The second-order valence-electron chi connectivity index (χ2n) is 5.48. The summed E-state index contributed by atoms with van der Waals surface area (Å²) in [5, 5.41) is 3.39. The number of methoxy groups -OCH3 is 1. The Hall–Kier alpha value is -1.06. The maximum Gasteiger partial charge on any atom is 0.0587 e. The fourth-order valence-electron chi connectivity index (χ4n) is 2.85. The lowest BCUT2D eigenvalue weighted by molar-refractivity contribution is 0.199. The topological polar surface area (TPSA) is 24.5 Å². The Kier molecular flexibility index (Phi) is 5.23. The maximum absolute atomic E-state index is 5.03. The van der Waals surface area contributed by atoms with E-state index < -0.39 is 0 Å². The van der Waals surface area contributed by atoms with Gasteiger partial charge in [-0.05, 0) is 43.9 Å². The van der Waals surface area contributed by atoms with Crippen molar-refractivity contribution < 1.29 is 4.74 Å². The summed E-state index contributed by atoms with van der Waals surface area (Å²) in [6.45, 7) is 8.34. The third-order valence-corrected chi connectivity index (χ3v) is 3.94. The minimum absolute atomic E-state index is 0.685. The first kappa shape index (κ1) is 14.4. The van der Waals surface area contributed by atoms with Crippen molar-refractivity contribution in [3.8, 4) is 0 Å². The van der Waals surface area contributed by atoms with E-state index in [2.05, 4.69) is 42.3 Å². The van der Waals surface area contributed by atoms with E-state index in [1.165, 1.54) is 36.2 Å². The third-order valence-electron chi connectivity index (χ3n) is 3.94. The fraction of sp³-hybridized carbons (Fsp3) is 0.625. The molecule has 106 valence electrons. The van der Waals surface area contributed by atoms with Crippen LogP contribution in [0.15, 0.2) is 18.2 Å². The van der Waals surface area contributed by atoms with Gasteiger partial charge in [0.15, 0.2) is 0 Å². The molecule has 0 spiro atoms. The third kappa shape index (κ3) is 3.71. The SMILES string of the molecule is COCCNCc1ccc(N2CCCC2C)c(C)c1. The number of nitrogens with zero attached hydrogens (tertiary/aromatic N) is 1. The van der Waals surface area contributed by atoms with Crippen LogP contribution in [0.4, 0.5) is 5.69 Å². The van der Waals surface area contributed by atoms with Crippen LogP contribution in [0.3, 0.4) is 0 Å². The molecule has 1 aliphatic rings. The molecule has 3 heteroatoms. The molecule has 1 heterocycles. The average molecular weight is 262 g/mol. The second kappa shape index (κ2) is 6.92. The molecule has 0 bridgehead atoms. The van der Waals surface area contributed by atoms with Crippen LogP contribution in [0, 0.1) is 6.92 Å². The molecular formula is C16H26N2O. The van der Waals surface area contributed by atoms with Crippen LogP contribution in [-0.2, 0) is 11.3 Å². The van der Waals surface area contributed by atoms with Crippen LogP contribution in [0.2, 0.25) is 0 Å². The van der Waals surface area contributed by atoms with Gasteiger partial charge in [-0.15, -0.1) is 0 Å². The summed E-state index contributed by atoms with van der Waals surface area (Å²) < 4.78 is 5.03. The van der Waals surface area contributed by atoms with Crippen molar-refractivity contribution >= 4 is 5.69 Å². The number of hydrogen-bond donors (Lipinski definition) is 1. The van der Waals surface area contributed by atoms with Crippen molar-refractivity contribution in [2.45, 2.75) is 39.3 Å². The molecule has 1 aromatic carbocycles. The molecule has 0 saturated carbocycles. The van der Waals surface area contributed by atoms with Gasteiger partial charge in [-0.1, -0.05) is 12.1 Å². The smallest absolute Gasteiger partial charge is 0.0587 e. The lowest BCUT2D eigenvalue weighted by atomic mass is 10.1. The summed E-state index contributed by atoms with van der Waals surface area (Å²) in [5.41, 5.74) is 4.15. The van der Waals surface area contributed by atoms with Crippen LogP contribution in [0.5, 0.6) is 0 Å². The molecule has 1 N–H and O–H groups in total. The van der Waals surface area contributed by atoms with Gasteiger partial charge in [0.2, 0.25) is 0 Å². The van der Waals surface area contributed by atoms with Crippen molar-refractivity contribution in [3.05, 3.63) is 29.3 Å². The molecule has 1 aliphatic heterocycles. The summed E-state index contributed by atoms with van der Waals surface area (Å²) in [4.78, 5) is 2.54. The van der Waals surface area contributed by atoms with Crippen molar-refractivity contribution in [1.29, 1.82) is 0 Å². The Morgan fingerprint density at radius 1 is 1.42 bits per heavy atom. The van der Waals surface area contributed by atoms with Crippen molar-refractivity contribution in [1.82, 2.24) is 5.32 Å². The summed E-state index contributed by atoms with van der Waals surface area (Å²) in [7, 11) is 1.73. The minimum atomic E-state index is 0.685. The van der Waals surface area contributed by atoms with E-state index in [4.69, 9.17) is 4.74 Å². The Morgan fingerprint density at radius 2 is 2.26 bits per heavy atom. The highest BCUT2D eigenvalue weighted by atomic mass is 16.5. The molecule has 1 unspecified atom stereocenters. The van der Waals surface area contributed by atoms with Crippen LogP contribution >= 0.6 is 0 Å². The Bertz CT molecular complexity index is 406. The molecule has 1 aromatic rings. The van der Waals surface area contributed by atoms with Crippen LogP contribution < -0.4 is 10.2 Å². The molecule has 2 rings (SSSR count). The predicted molar refractivity (Wildman–Crippen MR) is 80.8 cm³/mol. The van der Waals surface area contributed by atoms with Gasteiger partial charge in [0.25, 0.3) is 0 Å². The van der Waals surface area contributed by atoms with Gasteiger partial charge in [0, 0.05) is 38.5 Å². The minimum Gasteiger partial charge on any atom is -0.383 e. The van der Waals surface area contributed by atoms with E-state index in [1.807, 2.05) is 0 Å². The summed E-state index contributed by atoms with van der Waals surface area (Å²) in [6.07, 6.45) is 2.64. The zero-order valence-electron chi connectivity index (χ0n) is 12.4. The number of nitrogens with one attached hydrogen (secondary N) is 1. The number of anilines is 1. The first-order valence-corrected chi connectivity index (χ1v) is 7.28. The van der Waals surface area contributed by atoms with Gasteiger partial charge in [0.05, 0.1) is 6.61 Å². The first-order valence-electron chi connectivity index (χ1n) is 7.28. The predicted octanol–water partition coefficient (Wildman–Crippen LogP) is 2.72. The fourth-order valence-corrected chi connectivity index (χ4v) is 2.85. The summed E-state index contributed by atoms with van der Waals surface area (Å²) in [5.74, 6) is 0. The van der Waals surface area contributed by atoms with E-state index in [9.17, 15) is 0 Å². The number of hydrogen-bond acceptors (Lipinski definition) is 3. The van der Waals surface area contributed by atoms with Crippen molar-refractivity contribution in [2.75, 3.05) is 31.7 Å². The lowest BCUT2D eigenvalue weighted by Crippen LogP contribution is -2.27. The molecule has 1 fully saturated rings.